The van der Waals surface area contributed by atoms with E-state index in [1.165, 1.54) is 5.56 Å². The minimum absolute atomic E-state index is 0. The summed E-state index contributed by atoms with van der Waals surface area (Å²) in [7, 11) is 0. The first-order valence-electron chi connectivity index (χ1n) is 4.39. The fourth-order valence-electron chi connectivity index (χ4n) is 0.877. The molecule has 0 aromatic heterocycles. The molecule has 14 heavy (non-hydrogen) atoms. The zero-order valence-electron chi connectivity index (χ0n) is 8.79. The van der Waals surface area contributed by atoms with Crippen molar-refractivity contribution in [1.29, 1.82) is 0 Å². The predicted octanol–water partition coefficient (Wildman–Crippen LogP) is -0.575. The molecule has 1 rings (SSSR count). The van der Waals surface area contributed by atoms with Crippen molar-refractivity contribution in [2.45, 2.75) is 33.0 Å². The summed E-state index contributed by atoms with van der Waals surface area (Å²) in [6.07, 6.45) is 1.42. The Bertz CT molecular complexity index is 216. The summed E-state index contributed by atoms with van der Waals surface area (Å²) in [5, 5.41) is 0. The van der Waals surface area contributed by atoms with Gasteiger partial charge in [0.25, 0.3) is 0 Å². The van der Waals surface area contributed by atoms with Crippen molar-refractivity contribution in [2.75, 3.05) is 0 Å². The molecule has 1 aromatic rings. The first kappa shape index (κ1) is 16.8. The van der Waals surface area contributed by atoms with Crippen molar-refractivity contribution in [1.82, 2.24) is 0 Å². The summed E-state index contributed by atoms with van der Waals surface area (Å²) < 4.78 is 5.56. The van der Waals surface area contributed by atoms with E-state index in [1.807, 2.05) is 18.2 Å². The van der Waals surface area contributed by atoms with Crippen LogP contribution in [-0.2, 0) is 11.3 Å². The van der Waals surface area contributed by atoms with Crippen LogP contribution in [0.15, 0.2) is 24.3 Å². The Labute approximate surface area is 113 Å². The smallest absolute Gasteiger partial charge is 1.00 e. The zero-order valence-corrected chi connectivity index (χ0v) is 11.8. The maximum absolute atomic E-state index is 5.56. The van der Waals surface area contributed by atoms with Crippen LogP contribution in [0.25, 0.3) is 0 Å². The predicted molar refractivity (Wildman–Crippen MR) is 55.6 cm³/mol. The van der Waals surface area contributed by atoms with Crippen molar-refractivity contribution in [2.24, 2.45) is 0 Å². The van der Waals surface area contributed by atoms with E-state index in [2.05, 4.69) is 26.0 Å². The maximum Gasteiger partial charge on any atom is 2.00 e. The molecule has 1 nitrogen and oxygen atoms in total. The van der Waals surface area contributed by atoms with Crippen LogP contribution in [0.4, 0.5) is 0 Å². The molecular weight excluding hydrogens is 252 g/mol. The van der Waals surface area contributed by atoms with Gasteiger partial charge in [-0.2, -0.15) is 30.3 Å². The van der Waals surface area contributed by atoms with E-state index >= 15 is 0 Å². The first-order valence-corrected chi connectivity index (χ1v) is 4.39. The molecule has 0 fully saturated rings. The van der Waals surface area contributed by atoms with Gasteiger partial charge in [-0.05, 0) is 13.3 Å². The normalized spacial score (nSPS) is 11.0. The van der Waals surface area contributed by atoms with E-state index < -0.39 is 0 Å². The minimum atomic E-state index is 0. The fraction of sp³-hybridized carbons (Fsp3) is 0.455. The minimum Gasteiger partial charge on any atom is -1.00 e. The number of ether oxygens (including phenoxy) is 1. The van der Waals surface area contributed by atoms with Gasteiger partial charge in [0.15, 0.2) is 0 Å². The monoisotopic (exact) mass is 266 g/mol. The summed E-state index contributed by atoms with van der Waals surface area (Å²) in [6.45, 7) is 4.92. The van der Waals surface area contributed by atoms with E-state index in [-0.39, 0.29) is 40.0 Å². The summed E-state index contributed by atoms with van der Waals surface area (Å²) in [5.74, 6) is 0. The maximum atomic E-state index is 5.56. The topological polar surface area (TPSA) is 9.23 Å². The molecule has 0 heterocycles. The summed E-state index contributed by atoms with van der Waals surface area (Å²) in [4.78, 5) is 0. The standard InChI is InChI=1S/C11H15O.BrH.Mg/c1-3-10(2)12-9-11-7-5-4-6-8-11;;/h4-5,7-8,10H,3,9H2,1-2H3;1H;/q-1;;+2/p-1. The fourth-order valence-corrected chi connectivity index (χ4v) is 0.877. The average Bonchev–Trinajstić information content (AvgIpc) is 2.16. The van der Waals surface area contributed by atoms with Gasteiger partial charge in [0.1, 0.15) is 0 Å². The van der Waals surface area contributed by atoms with Crippen LogP contribution >= 0.6 is 0 Å². The molecule has 1 aromatic carbocycles. The van der Waals surface area contributed by atoms with Gasteiger partial charge in [-0.15, -0.1) is 5.56 Å². The molecule has 0 spiro atoms. The van der Waals surface area contributed by atoms with E-state index in [1.54, 1.807) is 0 Å². The molecule has 0 saturated heterocycles. The van der Waals surface area contributed by atoms with Gasteiger partial charge in [-0.1, -0.05) is 6.92 Å². The van der Waals surface area contributed by atoms with Crippen molar-refractivity contribution in [3.8, 4) is 0 Å². The van der Waals surface area contributed by atoms with Gasteiger partial charge in [0.05, 0.1) is 6.10 Å². The number of hydrogen-bond donors (Lipinski definition) is 0. The zero-order chi connectivity index (χ0) is 8.81. The van der Waals surface area contributed by atoms with Gasteiger partial charge in [0.2, 0.25) is 0 Å². The number of rotatable bonds is 4. The van der Waals surface area contributed by atoms with Crippen molar-refractivity contribution >= 4 is 23.1 Å². The van der Waals surface area contributed by atoms with Gasteiger partial charge in [-0.3, -0.25) is 0 Å². The molecule has 0 radical (unpaired) electrons. The molecule has 0 bridgehead atoms. The Morgan fingerprint density at radius 2 is 2.21 bits per heavy atom. The van der Waals surface area contributed by atoms with Crippen LogP contribution in [0.3, 0.4) is 0 Å². The molecule has 0 N–H and O–H groups in total. The number of hydrogen-bond acceptors (Lipinski definition) is 1. The molecule has 0 saturated carbocycles. The van der Waals surface area contributed by atoms with E-state index in [0.717, 1.165) is 6.42 Å². The Morgan fingerprint density at radius 1 is 1.50 bits per heavy atom. The molecule has 1 unspecified atom stereocenters. The van der Waals surface area contributed by atoms with E-state index in [9.17, 15) is 0 Å². The summed E-state index contributed by atoms with van der Waals surface area (Å²) in [6, 6.07) is 10.9. The Hall–Kier alpha value is 0.426. The summed E-state index contributed by atoms with van der Waals surface area (Å²) >= 11 is 0. The third-order valence-corrected chi connectivity index (χ3v) is 1.88. The van der Waals surface area contributed by atoms with Gasteiger partial charge in [-0.25, -0.2) is 0 Å². The third kappa shape index (κ3) is 6.82. The number of halogens is 1. The van der Waals surface area contributed by atoms with Gasteiger partial charge < -0.3 is 21.7 Å². The average molecular weight is 267 g/mol. The van der Waals surface area contributed by atoms with Crippen LogP contribution in [0, 0.1) is 6.07 Å². The number of benzene rings is 1. The molecular formula is C11H15BrMgO. The quantitative estimate of drug-likeness (QED) is 0.524. The molecule has 3 heteroatoms. The van der Waals surface area contributed by atoms with Gasteiger partial charge >= 0.3 is 23.1 Å². The largest absolute Gasteiger partial charge is 2.00 e. The van der Waals surface area contributed by atoms with Crippen LogP contribution < -0.4 is 17.0 Å². The Balaban J connectivity index is 0. The molecule has 1 atom stereocenters. The van der Waals surface area contributed by atoms with Crippen LogP contribution in [-0.4, -0.2) is 29.2 Å². The Morgan fingerprint density at radius 3 is 2.71 bits per heavy atom. The molecule has 0 amide bonds. The Kier molecular flexibility index (Phi) is 12.0. The van der Waals surface area contributed by atoms with Crippen LogP contribution in [0.1, 0.15) is 25.8 Å². The SMILES string of the molecule is CCC(C)OCc1c[c-]ccc1.[Br-].[Mg+2]. The van der Waals surface area contributed by atoms with E-state index in [4.69, 9.17) is 4.74 Å². The van der Waals surface area contributed by atoms with E-state index in [0.29, 0.717) is 12.7 Å². The molecule has 0 aliphatic carbocycles. The second-order valence-corrected chi connectivity index (χ2v) is 2.94. The van der Waals surface area contributed by atoms with Crippen LogP contribution in [0.2, 0.25) is 0 Å². The second-order valence-electron chi connectivity index (χ2n) is 2.94. The first-order chi connectivity index (χ1) is 5.83. The molecule has 74 valence electrons. The van der Waals surface area contributed by atoms with Crippen molar-refractivity contribution in [3.05, 3.63) is 35.9 Å². The van der Waals surface area contributed by atoms with Crippen molar-refractivity contribution < 1.29 is 21.7 Å². The van der Waals surface area contributed by atoms with Crippen LogP contribution in [0.5, 0.6) is 0 Å². The second kappa shape index (κ2) is 9.96. The third-order valence-electron chi connectivity index (χ3n) is 1.88. The molecule has 0 aliphatic heterocycles. The summed E-state index contributed by atoms with van der Waals surface area (Å²) in [5.41, 5.74) is 1.19. The van der Waals surface area contributed by atoms with Gasteiger partial charge in [0, 0.05) is 6.61 Å². The molecule has 0 aliphatic rings. The van der Waals surface area contributed by atoms with Crippen molar-refractivity contribution in [3.63, 3.8) is 0 Å².